The van der Waals surface area contributed by atoms with Crippen molar-refractivity contribution in [2.24, 2.45) is 0 Å². The van der Waals surface area contributed by atoms with E-state index in [9.17, 15) is 0 Å². The molecule has 10 rings (SSSR count). The van der Waals surface area contributed by atoms with E-state index in [1.54, 1.807) is 0 Å². The fraction of sp³-hybridized carbons (Fsp3) is 0.0566. The molecule has 2 heteroatoms. The largest absolute Gasteiger partial charge is 0.228 e. The molecule has 55 heavy (non-hydrogen) atoms. The maximum Gasteiger partial charge on any atom is 0.160 e. The van der Waals surface area contributed by atoms with Crippen LogP contribution in [-0.4, -0.2) is 9.97 Å². The highest BCUT2D eigenvalue weighted by molar-refractivity contribution is 6.08. The van der Waals surface area contributed by atoms with E-state index in [4.69, 9.17) is 9.97 Å². The van der Waals surface area contributed by atoms with Crippen LogP contribution in [0.25, 0.3) is 89.2 Å². The van der Waals surface area contributed by atoms with Crippen LogP contribution in [0, 0.1) is 0 Å². The lowest BCUT2D eigenvalue weighted by atomic mass is 9.80. The van der Waals surface area contributed by atoms with E-state index in [2.05, 4.69) is 202 Å². The molecule has 0 N–H and O–H groups in total. The molecular weight excluding hydrogens is 665 g/mol. The Bertz CT molecular complexity index is 2860. The first-order valence-electron chi connectivity index (χ1n) is 19.0. The average Bonchev–Trinajstić information content (AvgIpc) is 3.48. The quantitative estimate of drug-likeness (QED) is 0.172. The van der Waals surface area contributed by atoms with Crippen molar-refractivity contribution >= 4 is 10.8 Å². The van der Waals surface area contributed by atoms with Gasteiger partial charge >= 0.3 is 0 Å². The topological polar surface area (TPSA) is 25.8 Å². The van der Waals surface area contributed by atoms with Crippen LogP contribution >= 0.6 is 0 Å². The van der Waals surface area contributed by atoms with Crippen molar-refractivity contribution in [3.8, 4) is 78.4 Å². The van der Waals surface area contributed by atoms with Gasteiger partial charge in [0.1, 0.15) is 0 Å². The summed E-state index contributed by atoms with van der Waals surface area (Å²) >= 11 is 0. The third-order valence-electron chi connectivity index (χ3n) is 11.3. The van der Waals surface area contributed by atoms with Crippen molar-refractivity contribution in [2.45, 2.75) is 19.3 Å². The van der Waals surface area contributed by atoms with Crippen molar-refractivity contribution in [3.05, 3.63) is 205 Å². The summed E-state index contributed by atoms with van der Waals surface area (Å²) in [4.78, 5) is 10.5. The van der Waals surface area contributed by atoms with Gasteiger partial charge in [-0.15, -0.1) is 0 Å². The molecule has 260 valence electrons. The molecule has 0 aliphatic heterocycles. The number of rotatable bonds is 6. The lowest BCUT2D eigenvalue weighted by Gasteiger charge is -2.23. The number of aromatic nitrogens is 2. The Morgan fingerprint density at radius 3 is 1.58 bits per heavy atom. The van der Waals surface area contributed by atoms with Crippen LogP contribution in [0.3, 0.4) is 0 Å². The predicted molar refractivity (Wildman–Crippen MR) is 230 cm³/mol. The van der Waals surface area contributed by atoms with Crippen LogP contribution in [0.4, 0.5) is 0 Å². The molecule has 1 aromatic heterocycles. The second-order valence-corrected chi connectivity index (χ2v) is 15.0. The summed E-state index contributed by atoms with van der Waals surface area (Å²) in [5.74, 6) is 0.720. The molecular formula is C53H38N2. The van der Waals surface area contributed by atoms with Gasteiger partial charge in [0.25, 0.3) is 0 Å². The summed E-state index contributed by atoms with van der Waals surface area (Å²) in [5, 5.41) is 2.52. The van der Waals surface area contributed by atoms with Gasteiger partial charge in [0.2, 0.25) is 0 Å². The smallest absolute Gasteiger partial charge is 0.160 e. The monoisotopic (exact) mass is 702 g/mol. The van der Waals surface area contributed by atoms with E-state index in [1.807, 2.05) is 6.07 Å². The zero-order valence-electron chi connectivity index (χ0n) is 30.9. The van der Waals surface area contributed by atoms with Gasteiger partial charge in [0.15, 0.2) is 5.82 Å². The lowest BCUT2D eigenvalue weighted by molar-refractivity contribution is 0.661. The van der Waals surface area contributed by atoms with Crippen molar-refractivity contribution in [1.29, 1.82) is 0 Å². The van der Waals surface area contributed by atoms with Gasteiger partial charge in [-0.3, -0.25) is 0 Å². The van der Waals surface area contributed by atoms with Crippen LogP contribution in [0.2, 0.25) is 0 Å². The minimum Gasteiger partial charge on any atom is -0.228 e. The third-order valence-corrected chi connectivity index (χ3v) is 11.3. The van der Waals surface area contributed by atoms with Crippen molar-refractivity contribution < 1.29 is 0 Å². The molecule has 9 aromatic rings. The minimum atomic E-state index is -0.243. The first kappa shape index (κ1) is 32.7. The van der Waals surface area contributed by atoms with Gasteiger partial charge in [-0.2, -0.15) is 0 Å². The van der Waals surface area contributed by atoms with E-state index in [0.29, 0.717) is 0 Å². The maximum absolute atomic E-state index is 5.29. The molecule has 0 spiro atoms. The van der Waals surface area contributed by atoms with Crippen LogP contribution in [0.5, 0.6) is 0 Å². The summed E-state index contributed by atoms with van der Waals surface area (Å²) in [5.41, 5.74) is 17.2. The summed E-state index contributed by atoms with van der Waals surface area (Å²) in [6.45, 7) is 4.72. The van der Waals surface area contributed by atoms with E-state index in [-0.39, 0.29) is 5.41 Å². The summed E-state index contributed by atoms with van der Waals surface area (Å²) in [7, 11) is 0. The normalized spacial score (nSPS) is 12.7. The first-order chi connectivity index (χ1) is 27.0. The SMILES string of the molecule is CC1(C)c2cc(-c3nc(-c4ccccc4)cc(-c4cccc(-c5ccccc5)c4)n3)ccc2-c2c1cc1ccccc1c2-c1ccc(-c2ccccc2)cc1. The Hall–Kier alpha value is -6.90. The van der Waals surface area contributed by atoms with Gasteiger partial charge in [-0.1, -0.05) is 184 Å². The molecule has 0 saturated carbocycles. The molecule has 1 heterocycles. The Morgan fingerprint density at radius 2 is 0.873 bits per heavy atom. The van der Waals surface area contributed by atoms with Crippen LogP contribution in [0.15, 0.2) is 194 Å². The lowest BCUT2D eigenvalue weighted by Crippen LogP contribution is -2.15. The summed E-state index contributed by atoms with van der Waals surface area (Å²) in [6.07, 6.45) is 0. The molecule has 0 saturated heterocycles. The third kappa shape index (κ3) is 5.75. The number of fused-ring (bicyclic) bond motifs is 4. The van der Waals surface area contributed by atoms with Crippen LogP contribution < -0.4 is 0 Å². The minimum absolute atomic E-state index is 0.243. The highest BCUT2D eigenvalue weighted by atomic mass is 14.9. The molecule has 0 atom stereocenters. The van der Waals surface area contributed by atoms with E-state index < -0.39 is 0 Å². The second-order valence-electron chi connectivity index (χ2n) is 15.0. The van der Waals surface area contributed by atoms with Gasteiger partial charge in [0.05, 0.1) is 11.4 Å². The molecule has 1 aliphatic carbocycles. The number of hydrogen-bond donors (Lipinski definition) is 0. The van der Waals surface area contributed by atoms with Crippen LogP contribution in [-0.2, 0) is 5.41 Å². The van der Waals surface area contributed by atoms with Crippen LogP contribution in [0.1, 0.15) is 25.0 Å². The van der Waals surface area contributed by atoms with Crippen molar-refractivity contribution in [2.75, 3.05) is 0 Å². The maximum atomic E-state index is 5.29. The zero-order chi connectivity index (χ0) is 36.9. The summed E-state index contributed by atoms with van der Waals surface area (Å²) in [6, 6.07) is 69.5. The number of hydrogen-bond acceptors (Lipinski definition) is 2. The number of nitrogens with zero attached hydrogens (tertiary/aromatic N) is 2. The molecule has 1 aliphatic rings. The second kappa shape index (κ2) is 13.2. The van der Waals surface area contributed by atoms with Crippen molar-refractivity contribution in [1.82, 2.24) is 9.97 Å². The van der Waals surface area contributed by atoms with Crippen molar-refractivity contribution in [3.63, 3.8) is 0 Å². The highest BCUT2D eigenvalue weighted by Gasteiger charge is 2.38. The first-order valence-corrected chi connectivity index (χ1v) is 19.0. The molecule has 0 bridgehead atoms. The Labute approximate surface area is 322 Å². The fourth-order valence-corrected chi connectivity index (χ4v) is 8.41. The average molecular weight is 703 g/mol. The van der Waals surface area contributed by atoms with Gasteiger partial charge in [-0.25, -0.2) is 9.97 Å². The predicted octanol–water partition coefficient (Wildman–Crippen LogP) is 13.9. The van der Waals surface area contributed by atoms with Gasteiger partial charge in [0, 0.05) is 22.1 Å². The molecule has 2 nitrogen and oxygen atoms in total. The molecule has 8 aromatic carbocycles. The molecule has 0 radical (unpaired) electrons. The fourth-order valence-electron chi connectivity index (χ4n) is 8.41. The van der Waals surface area contributed by atoms with E-state index >= 15 is 0 Å². The van der Waals surface area contributed by atoms with E-state index in [1.165, 1.54) is 60.8 Å². The number of benzene rings is 8. The van der Waals surface area contributed by atoms with Gasteiger partial charge < -0.3 is 0 Å². The Balaban J connectivity index is 1.13. The highest BCUT2D eigenvalue weighted by Crippen LogP contribution is 2.55. The molecule has 0 fully saturated rings. The Morgan fingerprint density at radius 1 is 0.345 bits per heavy atom. The zero-order valence-corrected chi connectivity index (χ0v) is 30.9. The van der Waals surface area contributed by atoms with E-state index in [0.717, 1.165) is 39.5 Å². The van der Waals surface area contributed by atoms with Gasteiger partial charge in [-0.05, 0) is 90.7 Å². The molecule has 0 unspecified atom stereocenters. The standard InChI is InChI=1S/C53H38N2/c1-53(2)46-33-43(52-54-48(38-19-10-5-11-20-38)34-49(55-52)42-23-14-22-40(31-42)36-17-8-4-9-18-36)29-30-45(46)51-47(53)32-41-21-12-13-24-44(41)50(51)39-27-25-37(26-28-39)35-15-6-3-7-16-35/h3-34H,1-2H3. The summed E-state index contributed by atoms with van der Waals surface area (Å²) < 4.78 is 0. The Kier molecular flexibility index (Phi) is 7.85. The molecule has 0 amide bonds.